The summed E-state index contributed by atoms with van der Waals surface area (Å²) in [5.41, 5.74) is 0.0449. The van der Waals surface area contributed by atoms with Crippen LogP contribution < -0.4 is 10.6 Å². The van der Waals surface area contributed by atoms with E-state index in [-0.39, 0.29) is 17.3 Å². The Morgan fingerprint density at radius 1 is 1.40 bits per heavy atom. The topological polar surface area (TPSA) is 54.0 Å². The lowest BCUT2D eigenvalue weighted by atomic mass is 10.2. The number of rotatable bonds is 9. The highest BCUT2D eigenvalue weighted by Gasteiger charge is 2.15. The maximum absolute atomic E-state index is 14.1. The van der Waals surface area contributed by atoms with Crippen LogP contribution in [0.1, 0.15) is 36.5 Å². The molecule has 4 nitrogen and oxygen atoms in total. The highest BCUT2D eigenvalue weighted by atomic mass is 32.2. The summed E-state index contributed by atoms with van der Waals surface area (Å²) < 4.78 is 14.1. The van der Waals surface area contributed by atoms with E-state index in [2.05, 4.69) is 21.9 Å². The molecule has 1 aromatic heterocycles. The van der Waals surface area contributed by atoms with Crippen molar-refractivity contribution in [3.05, 3.63) is 23.6 Å². The fourth-order valence-corrected chi connectivity index (χ4v) is 2.15. The SMILES string of the molecule is CCCNc1nccc(C(=O)NCCCCSC)c1F. The number of anilines is 1. The summed E-state index contributed by atoms with van der Waals surface area (Å²) in [6, 6.07) is 1.41. The Morgan fingerprint density at radius 2 is 2.20 bits per heavy atom. The van der Waals surface area contributed by atoms with Crippen LogP contribution in [0, 0.1) is 5.82 Å². The standard InChI is InChI=1S/C14H22FN3OS/c1-3-7-16-13-12(15)11(6-9-17-13)14(19)18-8-4-5-10-20-2/h6,9H,3-5,7-8,10H2,1-2H3,(H,16,17)(H,18,19). The largest absolute Gasteiger partial charge is 0.368 e. The molecule has 0 aliphatic carbocycles. The van der Waals surface area contributed by atoms with E-state index < -0.39 is 5.82 Å². The maximum atomic E-state index is 14.1. The van der Waals surface area contributed by atoms with Crippen LogP contribution in [0.15, 0.2) is 12.3 Å². The predicted octanol–water partition coefficient (Wildman–Crippen LogP) is 2.92. The van der Waals surface area contributed by atoms with Crippen LogP contribution >= 0.6 is 11.8 Å². The molecule has 0 aliphatic rings. The first-order valence-corrected chi connectivity index (χ1v) is 8.25. The van der Waals surface area contributed by atoms with Crippen molar-refractivity contribution >= 4 is 23.5 Å². The highest BCUT2D eigenvalue weighted by Crippen LogP contribution is 2.15. The van der Waals surface area contributed by atoms with Gasteiger partial charge in [0.15, 0.2) is 11.6 Å². The molecule has 2 N–H and O–H groups in total. The molecule has 0 atom stereocenters. The van der Waals surface area contributed by atoms with Gasteiger partial charge < -0.3 is 10.6 Å². The summed E-state index contributed by atoms with van der Waals surface area (Å²) in [5.74, 6) is 0.253. The molecule has 0 radical (unpaired) electrons. The molecule has 1 heterocycles. The molecule has 0 aromatic carbocycles. The van der Waals surface area contributed by atoms with E-state index in [1.807, 2.05) is 6.92 Å². The normalized spacial score (nSPS) is 10.3. The summed E-state index contributed by atoms with van der Waals surface area (Å²) in [6.07, 6.45) is 6.32. The molecule has 0 fully saturated rings. The number of carbonyl (C=O) groups is 1. The third-order valence-corrected chi connectivity index (χ3v) is 3.43. The average Bonchev–Trinajstić information content (AvgIpc) is 2.46. The van der Waals surface area contributed by atoms with Gasteiger partial charge in [0.1, 0.15) is 0 Å². The van der Waals surface area contributed by atoms with Crippen molar-refractivity contribution in [2.45, 2.75) is 26.2 Å². The summed E-state index contributed by atoms with van der Waals surface area (Å²) >= 11 is 1.78. The number of hydrogen-bond donors (Lipinski definition) is 2. The molecule has 1 rings (SSSR count). The molecular weight excluding hydrogens is 277 g/mol. The number of nitrogens with zero attached hydrogens (tertiary/aromatic N) is 1. The summed E-state index contributed by atoms with van der Waals surface area (Å²) in [6.45, 7) is 3.18. The predicted molar refractivity (Wildman–Crippen MR) is 82.9 cm³/mol. The minimum absolute atomic E-state index is 0.0449. The van der Waals surface area contributed by atoms with Gasteiger partial charge in [-0.2, -0.15) is 11.8 Å². The lowest BCUT2D eigenvalue weighted by Crippen LogP contribution is -2.26. The van der Waals surface area contributed by atoms with Gasteiger partial charge in [0.25, 0.3) is 5.91 Å². The van der Waals surface area contributed by atoms with Crippen LogP contribution in [-0.2, 0) is 0 Å². The van der Waals surface area contributed by atoms with Crippen molar-refractivity contribution in [1.29, 1.82) is 0 Å². The maximum Gasteiger partial charge on any atom is 0.254 e. The van der Waals surface area contributed by atoms with Crippen LogP contribution in [0.25, 0.3) is 0 Å². The van der Waals surface area contributed by atoms with E-state index in [4.69, 9.17) is 0 Å². The number of thioether (sulfide) groups is 1. The van der Waals surface area contributed by atoms with Gasteiger partial charge in [-0.05, 0) is 37.3 Å². The van der Waals surface area contributed by atoms with E-state index in [0.29, 0.717) is 13.1 Å². The van der Waals surface area contributed by atoms with E-state index in [1.165, 1.54) is 12.3 Å². The minimum atomic E-state index is -0.581. The van der Waals surface area contributed by atoms with E-state index in [0.717, 1.165) is 25.0 Å². The number of nitrogens with one attached hydrogen (secondary N) is 2. The fraction of sp³-hybridized carbons (Fsp3) is 0.571. The van der Waals surface area contributed by atoms with Crippen LogP contribution in [0.4, 0.5) is 10.2 Å². The Bertz CT molecular complexity index is 429. The Balaban J connectivity index is 2.54. The molecule has 112 valence electrons. The van der Waals surface area contributed by atoms with Gasteiger partial charge in [-0.3, -0.25) is 4.79 Å². The zero-order valence-corrected chi connectivity index (χ0v) is 12.9. The Kier molecular flexibility index (Phi) is 8.02. The quantitative estimate of drug-likeness (QED) is 0.688. The molecule has 1 aromatic rings. The van der Waals surface area contributed by atoms with Crippen molar-refractivity contribution in [3.8, 4) is 0 Å². The van der Waals surface area contributed by atoms with Crippen LogP contribution in [0.2, 0.25) is 0 Å². The zero-order valence-electron chi connectivity index (χ0n) is 12.0. The van der Waals surface area contributed by atoms with Gasteiger partial charge in [0.05, 0.1) is 5.56 Å². The Hall–Kier alpha value is -1.30. The van der Waals surface area contributed by atoms with Crippen molar-refractivity contribution in [2.75, 3.05) is 30.4 Å². The van der Waals surface area contributed by atoms with Gasteiger partial charge in [0.2, 0.25) is 0 Å². The van der Waals surface area contributed by atoms with E-state index in [9.17, 15) is 9.18 Å². The lowest BCUT2D eigenvalue weighted by Gasteiger charge is -2.09. The summed E-state index contributed by atoms with van der Waals surface area (Å²) in [4.78, 5) is 15.8. The minimum Gasteiger partial charge on any atom is -0.368 e. The second-order valence-corrected chi connectivity index (χ2v) is 5.39. The molecule has 20 heavy (non-hydrogen) atoms. The molecule has 1 amide bonds. The van der Waals surface area contributed by atoms with Gasteiger partial charge in [0, 0.05) is 19.3 Å². The molecule has 0 bridgehead atoms. The van der Waals surface area contributed by atoms with Crippen molar-refractivity contribution in [2.24, 2.45) is 0 Å². The van der Waals surface area contributed by atoms with Crippen LogP contribution in [-0.4, -0.2) is 36.0 Å². The highest BCUT2D eigenvalue weighted by molar-refractivity contribution is 7.98. The number of pyridine rings is 1. The van der Waals surface area contributed by atoms with Crippen LogP contribution in [0.3, 0.4) is 0 Å². The summed E-state index contributed by atoms with van der Waals surface area (Å²) in [5, 5.41) is 5.61. The molecule has 0 unspecified atom stereocenters. The van der Waals surface area contributed by atoms with Crippen LogP contribution in [0.5, 0.6) is 0 Å². The molecular formula is C14H22FN3OS. The molecule has 0 aliphatic heterocycles. The second kappa shape index (κ2) is 9.58. The number of carbonyl (C=O) groups excluding carboxylic acids is 1. The average molecular weight is 299 g/mol. The van der Waals surface area contributed by atoms with Gasteiger partial charge in [-0.15, -0.1) is 0 Å². The van der Waals surface area contributed by atoms with E-state index in [1.54, 1.807) is 11.8 Å². The molecule has 0 saturated carbocycles. The first-order chi connectivity index (χ1) is 9.70. The van der Waals surface area contributed by atoms with E-state index >= 15 is 0 Å². The number of hydrogen-bond acceptors (Lipinski definition) is 4. The molecule has 6 heteroatoms. The van der Waals surface area contributed by atoms with Crippen molar-refractivity contribution < 1.29 is 9.18 Å². The number of amides is 1. The number of unbranched alkanes of at least 4 members (excludes halogenated alkanes) is 1. The first kappa shape index (κ1) is 16.8. The number of halogens is 1. The van der Waals surface area contributed by atoms with Crippen molar-refractivity contribution in [1.82, 2.24) is 10.3 Å². The van der Waals surface area contributed by atoms with Gasteiger partial charge >= 0.3 is 0 Å². The zero-order chi connectivity index (χ0) is 14.8. The number of aromatic nitrogens is 1. The third-order valence-electron chi connectivity index (χ3n) is 2.74. The van der Waals surface area contributed by atoms with Gasteiger partial charge in [-0.1, -0.05) is 6.92 Å². The summed E-state index contributed by atoms with van der Waals surface area (Å²) in [7, 11) is 0. The molecule has 0 saturated heterocycles. The smallest absolute Gasteiger partial charge is 0.254 e. The Morgan fingerprint density at radius 3 is 2.90 bits per heavy atom. The monoisotopic (exact) mass is 299 g/mol. The third kappa shape index (κ3) is 5.36. The fourth-order valence-electron chi connectivity index (χ4n) is 1.65. The second-order valence-electron chi connectivity index (χ2n) is 4.40. The molecule has 0 spiro atoms. The van der Waals surface area contributed by atoms with Crippen molar-refractivity contribution in [3.63, 3.8) is 0 Å². The lowest BCUT2D eigenvalue weighted by molar-refractivity contribution is 0.0949. The Labute approximate surface area is 123 Å². The first-order valence-electron chi connectivity index (χ1n) is 6.86. The van der Waals surface area contributed by atoms with Gasteiger partial charge in [-0.25, -0.2) is 9.37 Å².